The summed E-state index contributed by atoms with van der Waals surface area (Å²) in [5, 5.41) is 7.39. The van der Waals surface area contributed by atoms with Gasteiger partial charge in [-0.3, -0.25) is 9.59 Å². The predicted octanol–water partition coefficient (Wildman–Crippen LogP) is 4.63. The molecule has 0 saturated heterocycles. The van der Waals surface area contributed by atoms with E-state index in [9.17, 15) is 18.4 Å². The number of halogens is 2. The molecule has 3 aromatic rings. The highest BCUT2D eigenvalue weighted by molar-refractivity contribution is 7.14. The van der Waals surface area contributed by atoms with Crippen LogP contribution in [0.4, 0.5) is 13.9 Å². The second kappa shape index (κ2) is 10.7. The van der Waals surface area contributed by atoms with Crippen molar-refractivity contribution in [2.24, 2.45) is 0 Å². The van der Waals surface area contributed by atoms with Crippen molar-refractivity contribution in [3.8, 4) is 22.8 Å². The molecule has 0 saturated carbocycles. The van der Waals surface area contributed by atoms with E-state index < -0.39 is 12.7 Å². The summed E-state index contributed by atoms with van der Waals surface area (Å²) >= 11 is 1.15. The minimum Gasteiger partial charge on any atom is -0.497 e. The van der Waals surface area contributed by atoms with Crippen LogP contribution in [0.5, 0.6) is 11.5 Å². The van der Waals surface area contributed by atoms with E-state index in [1.165, 1.54) is 13.0 Å². The van der Waals surface area contributed by atoms with Gasteiger partial charge in [0.2, 0.25) is 11.8 Å². The molecule has 2 N–H and O–H groups in total. The molecule has 1 heterocycles. The van der Waals surface area contributed by atoms with Crippen molar-refractivity contribution in [3.05, 3.63) is 59.5 Å². The average Bonchev–Trinajstić information content (AvgIpc) is 3.21. The Morgan fingerprint density at radius 3 is 2.50 bits per heavy atom. The highest BCUT2D eigenvalue weighted by Gasteiger charge is 2.19. The Kier molecular flexibility index (Phi) is 7.72. The van der Waals surface area contributed by atoms with Crippen molar-refractivity contribution >= 4 is 28.3 Å². The molecule has 0 radical (unpaired) electrons. The van der Waals surface area contributed by atoms with Gasteiger partial charge in [-0.25, -0.2) is 4.98 Å². The van der Waals surface area contributed by atoms with Crippen LogP contribution in [-0.2, 0) is 9.59 Å². The molecule has 0 aliphatic rings. The lowest BCUT2D eigenvalue weighted by Crippen LogP contribution is -2.29. The largest absolute Gasteiger partial charge is 0.497 e. The zero-order valence-electron chi connectivity index (χ0n) is 17.3. The second-order valence-corrected chi connectivity index (χ2v) is 7.55. The SMILES string of the molecule is COc1ccc(C(CC(=O)Nc2nc(-c3ccccc3OC(F)F)cs2)NC(C)=O)cc1. The minimum absolute atomic E-state index is 0.00379. The maximum Gasteiger partial charge on any atom is 0.387 e. The van der Waals surface area contributed by atoms with E-state index in [1.54, 1.807) is 55.0 Å². The number of ether oxygens (including phenoxy) is 2. The number of rotatable bonds is 9. The first kappa shape index (κ1) is 23.1. The molecule has 0 bridgehead atoms. The number of hydrogen-bond donors (Lipinski definition) is 2. The summed E-state index contributed by atoms with van der Waals surface area (Å²) in [6.07, 6.45) is -0.0219. The highest BCUT2D eigenvalue weighted by Crippen LogP contribution is 2.33. The van der Waals surface area contributed by atoms with Crippen LogP contribution in [0.1, 0.15) is 24.9 Å². The Balaban J connectivity index is 1.71. The lowest BCUT2D eigenvalue weighted by atomic mass is 10.0. The molecule has 1 aromatic heterocycles. The number of aromatic nitrogens is 1. The van der Waals surface area contributed by atoms with Crippen LogP contribution in [0.25, 0.3) is 11.3 Å². The number of amides is 2. The van der Waals surface area contributed by atoms with E-state index >= 15 is 0 Å². The van der Waals surface area contributed by atoms with Crippen LogP contribution in [0.15, 0.2) is 53.9 Å². The Hall–Kier alpha value is -3.53. The van der Waals surface area contributed by atoms with Crippen LogP contribution >= 0.6 is 11.3 Å². The van der Waals surface area contributed by atoms with E-state index in [2.05, 4.69) is 20.4 Å². The summed E-state index contributed by atoms with van der Waals surface area (Å²) in [7, 11) is 1.55. The third-order valence-corrected chi connectivity index (χ3v) is 5.17. The summed E-state index contributed by atoms with van der Waals surface area (Å²) in [6, 6.07) is 12.8. The summed E-state index contributed by atoms with van der Waals surface area (Å²) in [4.78, 5) is 28.5. The third-order valence-electron chi connectivity index (χ3n) is 4.41. The highest BCUT2D eigenvalue weighted by atomic mass is 32.1. The lowest BCUT2D eigenvalue weighted by molar-refractivity contribution is -0.120. The van der Waals surface area contributed by atoms with Gasteiger partial charge in [0.1, 0.15) is 11.5 Å². The first-order valence-electron chi connectivity index (χ1n) is 9.56. The van der Waals surface area contributed by atoms with E-state index in [1.807, 2.05) is 0 Å². The first-order chi connectivity index (χ1) is 15.4. The number of nitrogens with zero attached hydrogens (tertiary/aromatic N) is 1. The number of benzene rings is 2. The number of anilines is 1. The minimum atomic E-state index is -2.96. The van der Waals surface area contributed by atoms with Crippen molar-refractivity contribution in [1.82, 2.24) is 10.3 Å². The molecule has 32 heavy (non-hydrogen) atoms. The van der Waals surface area contributed by atoms with Crippen LogP contribution in [0.2, 0.25) is 0 Å². The Morgan fingerprint density at radius 2 is 1.84 bits per heavy atom. The molecule has 7 nitrogen and oxygen atoms in total. The van der Waals surface area contributed by atoms with Gasteiger partial charge >= 0.3 is 6.61 Å². The number of carbonyl (C=O) groups is 2. The zero-order valence-corrected chi connectivity index (χ0v) is 18.1. The molecule has 1 atom stereocenters. The average molecular weight is 461 g/mol. The number of alkyl halides is 2. The Morgan fingerprint density at radius 1 is 1.12 bits per heavy atom. The molecule has 10 heteroatoms. The van der Waals surface area contributed by atoms with Gasteiger partial charge in [-0.15, -0.1) is 11.3 Å². The Labute approximate surface area is 187 Å². The van der Waals surface area contributed by atoms with E-state index in [4.69, 9.17) is 4.74 Å². The normalized spacial score (nSPS) is 11.7. The molecule has 0 aliphatic heterocycles. The van der Waals surface area contributed by atoms with Gasteiger partial charge in [-0.1, -0.05) is 24.3 Å². The Bertz CT molecular complexity index is 1070. The quantitative estimate of drug-likeness (QED) is 0.485. The summed E-state index contributed by atoms with van der Waals surface area (Å²) < 4.78 is 35.0. The number of methoxy groups -OCH3 is 1. The van der Waals surface area contributed by atoms with Crippen LogP contribution in [0, 0.1) is 0 Å². The van der Waals surface area contributed by atoms with Crippen molar-refractivity contribution in [3.63, 3.8) is 0 Å². The van der Waals surface area contributed by atoms with Gasteiger partial charge in [0.25, 0.3) is 0 Å². The van der Waals surface area contributed by atoms with E-state index in [0.717, 1.165) is 16.9 Å². The van der Waals surface area contributed by atoms with Crippen molar-refractivity contribution in [1.29, 1.82) is 0 Å². The number of nitrogens with one attached hydrogen (secondary N) is 2. The fourth-order valence-corrected chi connectivity index (χ4v) is 3.75. The van der Waals surface area contributed by atoms with Crippen LogP contribution in [0.3, 0.4) is 0 Å². The van der Waals surface area contributed by atoms with E-state index in [0.29, 0.717) is 22.1 Å². The third kappa shape index (κ3) is 6.24. The van der Waals surface area contributed by atoms with Crippen molar-refractivity contribution in [2.45, 2.75) is 26.0 Å². The van der Waals surface area contributed by atoms with Gasteiger partial charge in [-0.05, 0) is 29.8 Å². The molecule has 0 spiro atoms. The monoisotopic (exact) mass is 461 g/mol. The number of hydrogen-bond acceptors (Lipinski definition) is 6. The summed E-state index contributed by atoms with van der Waals surface area (Å²) in [6.45, 7) is -1.59. The fourth-order valence-electron chi connectivity index (χ4n) is 3.02. The van der Waals surface area contributed by atoms with Gasteiger partial charge in [0.15, 0.2) is 5.13 Å². The van der Waals surface area contributed by atoms with Gasteiger partial charge in [0, 0.05) is 17.9 Å². The zero-order chi connectivity index (χ0) is 23.1. The summed E-state index contributed by atoms with van der Waals surface area (Å²) in [5.41, 5.74) is 1.53. The maximum absolute atomic E-state index is 12.7. The molecule has 3 rings (SSSR count). The van der Waals surface area contributed by atoms with Gasteiger partial charge < -0.3 is 20.1 Å². The number of carbonyl (C=O) groups excluding carboxylic acids is 2. The predicted molar refractivity (Wildman–Crippen MR) is 117 cm³/mol. The molecule has 1 unspecified atom stereocenters. The molecule has 0 fully saturated rings. The number of thiazole rings is 1. The maximum atomic E-state index is 12.7. The van der Waals surface area contributed by atoms with Crippen LogP contribution < -0.4 is 20.1 Å². The van der Waals surface area contributed by atoms with Crippen molar-refractivity contribution in [2.75, 3.05) is 12.4 Å². The molecular formula is C22H21F2N3O4S. The van der Waals surface area contributed by atoms with Crippen molar-refractivity contribution < 1.29 is 27.8 Å². The lowest BCUT2D eigenvalue weighted by Gasteiger charge is -2.18. The smallest absolute Gasteiger partial charge is 0.387 e. The fraction of sp³-hybridized carbons (Fsp3) is 0.227. The number of para-hydroxylation sites is 1. The van der Waals surface area contributed by atoms with E-state index in [-0.39, 0.29) is 24.0 Å². The topological polar surface area (TPSA) is 89.6 Å². The molecule has 2 aromatic carbocycles. The standard InChI is InChI=1S/C22H21F2N3O4S/c1-13(28)25-17(14-7-9-15(30-2)10-8-14)11-20(29)27-22-26-18(12-32-22)16-5-3-4-6-19(16)31-21(23)24/h3-10,12,17,21H,11H2,1-2H3,(H,25,28)(H,26,27,29). The molecule has 0 aliphatic carbocycles. The van der Waals surface area contributed by atoms with Gasteiger partial charge in [-0.2, -0.15) is 8.78 Å². The molecule has 2 amide bonds. The second-order valence-electron chi connectivity index (χ2n) is 6.69. The van der Waals surface area contributed by atoms with Crippen LogP contribution in [-0.4, -0.2) is 30.5 Å². The van der Waals surface area contributed by atoms with Gasteiger partial charge in [0.05, 0.1) is 25.3 Å². The molecular weight excluding hydrogens is 440 g/mol. The molecule has 168 valence electrons. The first-order valence-corrected chi connectivity index (χ1v) is 10.4. The summed E-state index contributed by atoms with van der Waals surface area (Å²) in [5.74, 6) is 0.0190.